The summed E-state index contributed by atoms with van der Waals surface area (Å²) in [5.41, 5.74) is 1.08. The van der Waals surface area contributed by atoms with Crippen LogP contribution in [0.1, 0.15) is 36.6 Å². The first-order valence-electron chi connectivity index (χ1n) is 10.5. The SMILES string of the molecule is CN=C(NCc1ccc(-n2ccnc2)nc1)NCC(c1ccco1)N1CCCCC1.I. The van der Waals surface area contributed by atoms with Crippen LogP contribution in [0.25, 0.3) is 5.82 Å². The van der Waals surface area contributed by atoms with Gasteiger partial charge in [0.25, 0.3) is 0 Å². The Morgan fingerprint density at radius 1 is 1.19 bits per heavy atom. The van der Waals surface area contributed by atoms with Crippen LogP contribution in [0.5, 0.6) is 0 Å². The summed E-state index contributed by atoms with van der Waals surface area (Å²) in [4.78, 5) is 15.4. The number of aromatic nitrogens is 3. The second-order valence-electron chi connectivity index (χ2n) is 7.43. The zero-order valence-electron chi connectivity index (χ0n) is 17.8. The Labute approximate surface area is 200 Å². The zero-order chi connectivity index (χ0) is 20.6. The van der Waals surface area contributed by atoms with E-state index < -0.39 is 0 Å². The third kappa shape index (κ3) is 6.30. The van der Waals surface area contributed by atoms with E-state index in [4.69, 9.17) is 4.42 Å². The van der Waals surface area contributed by atoms with Gasteiger partial charge in [0.15, 0.2) is 5.96 Å². The van der Waals surface area contributed by atoms with Gasteiger partial charge in [0.05, 0.1) is 12.3 Å². The summed E-state index contributed by atoms with van der Waals surface area (Å²) in [6, 6.07) is 8.26. The fourth-order valence-corrected chi connectivity index (χ4v) is 3.79. The number of guanidine groups is 1. The van der Waals surface area contributed by atoms with Gasteiger partial charge in [-0.25, -0.2) is 9.97 Å². The average molecular weight is 535 g/mol. The number of nitrogens with zero attached hydrogens (tertiary/aromatic N) is 5. The van der Waals surface area contributed by atoms with Crippen molar-refractivity contribution in [2.24, 2.45) is 4.99 Å². The Morgan fingerprint density at radius 3 is 2.71 bits per heavy atom. The molecule has 0 amide bonds. The van der Waals surface area contributed by atoms with E-state index in [2.05, 4.69) is 42.6 Å². The second-order valence-corrected chi connectivity index (χ2v) is 7.43. The molecule has 3 aromatic heterocycles. The Hall–Kier alpha value is -2.40. The van der Waals surface area contributed by atoms with E-state index in [9.17, 15) is 0 Å². The van der Waals surface area contributed by atoms with Crippen molar-refractivity contribution in [2.75, 3.05) is 26.7 Å². The standard InChI is InChI=1S/C22H29N7O.HI/c1-23-22(26-15-18-7-8-21(25-14-18)29-12-9-24-17-29)27-16-19(20-6-5-13-30-20)28-10-3-2-4-11-28;/h5-9,12-14,17,19H,2-4,10-11,15-16H2,1H3,(H2,23,26,27);1H. The third-order valence-corrected chi connectivity index (χ3v) is 5.43. The maximum atomic E-state index is 5.73. The Morgan fingerprint density at radius 2 is 2.06 bits per heavy atom. The molecule has 0 bridgehead atoms. The molecule has 31 heavy (non-hydrogen) atoms. The average Bonchev–Trinajstić information content (AvgIpc) is 3.52. The maximum absolute atomic E-state index is 5.73. The molecule has 0 saturated carbocycles. The number of furan rings is 1. The first kappa shape index (κ1) is 23.3. The summed E-state index contributed by atoms with van der Waals surface area (Å²) in [5, 5.41) is 6.84. The molecule has 8 nitrogen and oxygen atoms in total. The number of halogens is 1. The number of imidazole rings is 1. The summed E-state index contributed by atoms with van der Waals surface area (Å²) in [6.45, 7) is 3.60. The minimum atomic E-state index is 0. The summed E-state index contributed by atoms with van der Waals surface area (Å²) >= 11 is 0. The van der Waals surface area contributed by atoms with E-state index in [-0.39, 0.29) is 30.0 Å². The molecule has 0 aliphatic carbocycles. The number of pyridine rings is 1. The molecule has 4 heterocycles. The van der Waals surface area contributed by atoms with E-state index in [1.807, 2.05) is 29.1 Å². The number of aliphatic imine (C=N–C) groups is 1. The van der Waals surface area contributed by atoms with Gasteiger partial charge in [-0.1, -0.05) is 12.5 Å². The molecule has 1 atom stereocenters. The third-order valence-electron chi connectivity index (χ3n) is 5.43. The second kappa shape index (κ2) is 11.8. The van der Waals surface area contributed by atoms with E-state index in [0.717, 1.165) is 42.7 Å². The molecular weight excluding hydrogens is 505 g/mol. The maximum Gasteiger partial charge on any atom is 0.191 e. The number of rotatable bonds is 7. The monoisotopic (exact) mass is 535 g/mol. The van der Waals surface area contributed by atoms with Crippen LogP contribution in [0.2, 0.25) is 0 Å². The van der Waals surface area contributed by atoms with Crippen molar-refractivity contribution in [3.05, 3.63) is 66.8 Å². The molecule has 3 aromatic rings. The van der Waals surface area contributed by atoms with Gasteiger partial charge in [-0.3, -0.25) is 14.5 Å². The number of likely N-dealkylation sites (tertiary alicyclic amines) is 1. The van der Waals surface area contributed by atoms with Crippen LogP contribution >= 0.6 is 24.0 Å². The quantitative estimate of drug-likeness (QED) is 0.274. The largest absolute Gasteiger partial charge is 0.468 e. The molecule has 2 N–H and O–H groups in total. The summed E-state index contributed by atoms with van der Waals surface area (Å²) in [5.74, 6) is 2.61. The van der Waals surface area contributed by atoms with Crippen LogP contribution < -0.4 is 10.6 Å². The molecule has 0 radical (unpaired) electrons. The van der Waals surface area contributed by atoms with Gasteiger partial charge in [0, 0.05) is 38.7 Å². The molecule has 0 aromatic carbocycles. The molecule has 1 saturated heterocycles. The summed E-state index contributed by atoms with van der Waals surface area (Å²) in [7, 11) is 1.79. The number of nitrogens with one attached hydrogen (secondary N) is 2. The molecular formula is C22H30IN7O. The highest BCUT2D eigenvalue weighted by Gasteiger charge is 2.24. The van der Waals surface area contributed by atoms with Crippen LogP contribution in [0, 0.1) is 0 Å². The van der Waals surface area contributed by atoms with Gasteiger partial charge in [0.2, 0.25) is 0 Å². The summed E-state index contributed by atoms with van der Waals surface area (Å²) in [6.07, 6.45) is 12.8. The fraction of sp³-hybridized carbons (Fsp3) is 0.409. The predicted molar refractivity (Wildman–Crippen MR) is 132 cm³/mol. The van der Waals surface area contributed by atoms with Crippen molar-refractivity contribution >= 4 is 29.9 Å². The Kier molecular flexibility index (Phi) is 8.89. The minimum absolute atomic E-state index is 0. The first-order chi connectivity index (χ1) is 14.8. The van der Waals surface area contributed by atoms with Crippen LogP contribution in [0.3, 0.4) is 0 Å². The van der Waals surface area contributed by atoms with Crippen LogP contribution in [-0.2, 0) is 6.54 Å². The highest BCUT2D eigenvalue weighted by molar-refractivity contribution is 14.0. The van der Waals surface area contributed by atoms with Gasteiger partial charge in [-0.05, 0) is 49.7 Å². The molecule has 1 fully saturated rings. The number of hydrogen-bond donors (Lipinski definition) is 2. The molecule has 166 valence electrons. The topological polar surface area (TPSA) is 83.5 Å². The molecule has 4 rings (SSSR count). The minimum Gasteiger partial charge on any atom is -0.468 e. The smallest absolute Gasteiger partial charge is 0.191 e. The lowest BCUT2D eigenvalue weighted by atomic mass is 10.1. The molecule has 1 aliphatic rings. The zero-order valence-corrected chi connectivity index (χ0v) is 20.1. The molecule has 1 unspecified atom stereocenters. The summed E-state index contributed by atoms with van der Waals surface area (Å²) < 4.78 is 7.61. The lowest BCUT2D eigenvalue weighted by Crippen LogP contribution is -2.44. The van der Waals surface area contributed by atoms with E-state index >= 15 is 0 Å². The van der Waals surface area contributed by atoms with Crippen molar-refractivity contribution in [1.29, 1.82) is 0 Å². The lowest BCUT2D eigenvalue weighted by Gasteiger charge is -2.33. The van der Waals surface area contributed by atoms with Gasteiger partial charge in [0.1, 0.15) is 17.9 Å². The van der Waals surface area contributed by atoms with E-state index in [0.29, 0.717) is 6.54 Å². The van der Waals surface area contributed by atoms with E-state index in [1.54, 1.807) is 25.8 Å². The van der Waals surface area contributed by atoms with Crippen LogP contribution in [0.15, 0.2) is 64.9 Å². The fourth-order valence-electron chi connectivity index (χ4n) is 3.79. The molecule has 0 spiro atoms. The predicted octanol–water partition coefficient (Wildman–Crippen LogP) is 3.37. The van der Waals surface area contributed by atoms with Gasteiger partial charge < -0.3 is 15.1 Å². The normalized spacial score (nSPS) is 15.8. The molecule has 9 heteroatoms. The van der Waals surface area contributed by atoms with Crippen molar-refractivity contribution in [2.45, 2.75) is 31.8 Å². The van der Waals surface area contributed by atoms with E-state index in [1.165, 1.54) is 19.3 Å². The van der Waals surface area contributed by atoms with Crippen LogP contribution in [0.4, 0.5) is 0 Å². The van der Waals surface area contributed by atoms with Crippen molar-refractivity contribution in [3.63, 3.8) is 0 Å². The Balaban J connectivity index is 0.00000272. The first-order valence-corrected chi connectivity index (χ1v) is 10.5. The Bertz CT molecular complexity index is 904. The van der Waals surface area contributed by atoms with Gasteiger partial charge >= 0.3 is 0 Å². The highest BCUT2D eigenvalue weighted by atomic mass is 127. The van der Waals surface area contributed by atoms with Crippen molar-refractivity contribution in [1.82, 2.24) is 30.1 Å². The molecule has 1 aliphatic heterocycles. The lowest BCUT2D eigenvalue weighted by molar-refractivity contribution is 0.146. The highest BCUT2D eigenvalue weighted by Crippen LogP contribution is 2.24. The van der Waals surface area contributed by atoms with Crippen LogP contribution in [-0.4, -0.2) is 52.1 Å². The van der Waals surface area contributed by atoms with Crippen molar-refractivity contribution in [3.8, 4) is 5.82 Å². The van der Waals surface area contributed by atoms with Crippen molar-refractivity contribution < 1.29 is 4.42 Å². The van der Waals surface area contributed by atoms with Gasteiger partial charge in [-0.15, -0.1) is 24.0 Å². The number of piperidine rings is 1. The van der Waals surface area contributed by atoms with Gasteiger partial charge in [-0.2, -0.15) is 0 Å². The number of hydrogen-bond acceptors (Lipinski definition) is 5.